The van der Waals surface area contributed by atoms with Crippen molar-refractivity contribution in [1.29, 1.82) is 0 Å². The van der Waals surface area contributed by atoms with E-state index in [1.165, 1.54) is 0 Å². The number of carboxylic acids is 1. The van der Waals surface area contributed by atoms with E-state index in [0.717, 1.165) is 12.1 Å². The molecule has 1 rings (SSSR count). The Kier molecular flexibility index (Phi) is 3.36. The molecule has 16 heavy (non-hydrogen) atoms. The van der Waals surface area contributed by atoms with Crippen molar-refractivity contribution in [3.8, 4) is 5.75 Å². The van der Waals surface area contributed by atoms with Gasteiger partial charge in [0.15, 0.2) is 6.67 Å². The molecule has 0 unspecified atom stereocenters. The molecular formula is C9H6F4O3. The molecular weight excluding hydrogens is 232 g/mol. The maximum Gasteiger partial charge on any atom is 0.427 e. The number of hydrogen-bond donors (Lipinski definition) is 1. The Hall–Kier alpha value is -1.79. The lowest BCUT2D eigenvalue weighted by Crippen LogP contribution is -2.28. The molecule has 0 amide bonds. The Morgan fingerprint density at radius 1 is 1.44 bits per heavy atom. The minimum Gasteiger partial charge on any atom is -0.478 e. The summed E-state index contributed by atoms with van der Waals surface area (Å²) in [4.78, 5) is 10.6. The van der Waals surface area contributed by atoms with Gasteiger partial charge in [0, 0.05) is 6.07 Å². The van der Waals surface area contributed by atoms with E-state index in [9.17, 15) is 22.4 Å². The van der Waals surface area contributed by atoms with E-state index in [0.29, 0.717) is 6.07 Å². The van der Waals surface area contributed by atoms with Crippen molar-refractivity contribution >= 4 is 5.97 Å². The molecule has 0 saturated carbocycles. The van der Waals surface area contributed by atoms with Gasteiger partial charge in [0.25, 0.3) is 0 Å². The van der Waals surface area contributed by atoms with Crippen LogP contribution in [-0.2, 0) is 0 Å². The average molecular weight is 238 g/mol. The van der Waals surface area contributed by atoms with E-state index in [1.54, 1.807) is 0 Å². The topological polar surface area (TPSA) is 46.5 Å². The first-order chi connectivity index (χ1) is 7.35. The van der Waals surface area contributed by atoms with Gasteiger partial charge in [-0.15, -0.1) is 0 Å². The van der Waals surface area contributed by atoms with Gasteiger partial charge in [-0.3, -0.25) is 0 Å². The second-order valence-electron chi connectivity index (χ2n) is 2.82. The summed E-state index contributed by atoms with van der Waals surface area (Å²) in [6.07, 6.45) is -4.18. The third-order valence-corrected chi connectivity index (χ3v) is 1.59. The van der Waals surface area contributed by atoms with Gasteiger partial charge in [0.1, 0.15) is 17.1 Å². The average Bonchev–Trinajstić information content (AvgIpc) is 2.16. The molecule has 0 fully saturated rings. The van der Waals surface area contributed by atoms with Gasteiger partial charge in [-0.05, 0) is 12.1 Å². The molecule has 0 atom stereocenters. The lowest BCUT2D eigenvalue weighted by Gasteiger charge is -2.15. The lowest BCUT2D eigenvalue weighted by molar-refractivity contribution is -0.186. The van der Waals surface area contributed by atoms with Gasteiger partial charge in [0.05, 0.1) is 0 Å². The zero-order valence-corrected chi connectivity index (χ0v) is 7.71. The normalized spacial score (nSPS) is 11.2. The van der Waals surface area contributed by atoms with Crippen molar-refractivity contribution in [2.24, 2.45) is 0 Å². The summed E-state index contributed by atoms with van der Waals surface area (Å²) >= 11 is 0. The van der Waals surface area contributed by atoms with E-state index in [4.69, 9.17) is 5.11 Å². The van der Waals surface area contributed by atoms with Crippen molar-refractivity contribution in [2.75, 3.05) is 6.67 Å². The van der Waals surface area contributed by atoms with E-state index in [2.05, 4.69) is 4.74 Å². The zero-order valence-electron chi connectivity index (χ0n) is 7.71. The van der Waals surface area contributed by atoms with Crippen LogP contribution in [0.2, 0.25) is 0 Å². The highest BCUT2D eigenvalue weighted by Gasteiger charge is 2.33. The highest BCUT2D eigenvalue weighted by Crippen LogP contribution is 2.26. The van der Waals surface area contributed by atoms with Crippen molar-refractivity contribution in [1.82, 2.24) is 0 Å². The molecule has 0 aliphatic carbocycles. The number of hydrogen-bond acceptors (Lipinski definition) is 2. The Morgan fingerprint density at radius 3 is 2.56 bits per heavy atom. The van der Waals surface area contributed by atoms with Crippen LogP contribution >= 0.6 is 0 Å². The Morgan fingerprint density at radius 2 is 2.06 bits per heavy atom. The van der Waals surface area contributed by atoms with Gasteiger partial charge in [-0.25, -0.2) is 13.6 Å². The van der Waals surface area contributed by atoms with Crippen LogP contribution in [-0.4, -0.2) is 23.9 Å². The van der Waals surface area contributed by atoms with Crippen molar-refractivity contribution in [2.45, 2.75) is 6.11 Å². The molecule has 3 nitrogen and oxygen atoms in total. The lowest BCUT2D eigenvalue weighted by atomic mass is 10.2. The number of carboxylic acid groups (broad SMARTS) is 1. The molecule has 1 N–H and O–H groups in total. The molecule has 0 bridgehead atoms. The highest BCUT2D eigenvalue weighted by molar-refractivity contribution is 5.90. The number of alkyl halides is 3. The molecule has 1 aromatic rings. The van der Waals surface area contributed by atoms with Gasteiger partial charge < -0.3 is 9.84 Å². The molecule has 0 aliphatic heterocycles. The quantitative estimate of drug-likeness (QED) is 0.819. The van der Waals surface area contributed by atoms with Crippen LogP contribution in [0.1, 0.15) is 10.4 Å². The van der Waals surface area contributed by atoms with Gasteiger partial charge in [0.2, 0.25) is 0 Å². The van der Waals surface area contributed by atoms with Crippen LogP contribution in [0.3, 0.4) is 0 Å². The minimum absolute atomic E-state index is 0.451. The summed E-state index contributed by atoms with van der Waals surface area (Å²) in [5.74, 6) is -3.46. The van der Waals surface area contributed by atoms with E-state index in [-0.39, 0.29) is 0 Å². The SMILES string of the molecule is O=C(O)c1ccc(F)cc1OC(F)(F)CF. The summed E-state index contributed by atoms with van der Waals surface area (Å²) in [6, 6.07) is 1.97. The molecule has 0 radical (unpaired) electrons. The smallest absolute Gasteiger partial charge is 0.427 e. The van der Waals surface area contributed by atoms with Gasteiger partial charge in [-0.2, -0.15) is 8.78 Å². The number of benzene rings is 1. The summed E-state index contributed by atoms with van der Waals surface area (Å²) in [7, 11) is 0. The van der Waals surface area contributed by atoms with Crippen LogP contribution in [0.4, 0.5) is 17.6 Å². The predicted molar refractivity (Wildman–Crippen MR) is 44.9 cm³/mol. The fraction of sp³-hybridized carbons (Fsp3) is 0.222. The summed E-state index contributed by atoms with van der Waals surface area (Å²) in [5, 5.41) is 8.58. The zero-order chi connectivity index (χ0) is 12.3. The summed E-state index contributed by atoms with van der Waals surface area (Å²) < 4.78 is 53.2. The number of carbonyl (C=O) groups is 1. The molecule has 0 aromatic heterocycles. The molecule has 0 saturated heterocycles. The first-order valence-electron chi connectivity index (χ1n) is 4.01. The van der Waals surface area contributed by atoms with Crippen molar-refractivity contribution in [3.63, 3.8) is 0 Å². The first-order valence-corrected chi connectivity index (χ1v) is 4.01. The number of halogens is 4. The third-order valence-electron chi connectivity index (χ3n) is 1.59. The van der Waals surface area contributed by atoms with Crippen LogP contribution in [0, 0.1) is 5.82 Å². The number of aromatic carboxylic acids is 1. The van der Waals surface area contributed by atoms with E-state index >= 15 is 0 Å². The molecule has 0 spiro atoms. The van der Waals surface area contributed by atoms with Crippen LogP contribution in [0.5, 0.6) is 5.75 Å². The molecule has 1 aromatic carbocycles. The monoisotopic (exact) mass is 238 g/mol. The molecule has 7 heteroatoms. The first kappa shape index (κ1) is 12.3. The van der Waals surface area contributed by atoms with E-state index in [1.807, 2.05) is 0 Å². The second-order valence-corrected chi connectivity index (χ2v) is 2.82. The summed E-state index contributed by atoms with van der Waals surface area (Å²) in [6.45, 7) is -2.14. The molecule has 88 valence electrons. The fourth-order valence-corrected chi connectivity index (χ4v) is 0.945. The van der Waals surface area contributed by atoms with Gasteiger partial charge in [-0.1, -0.05) is 0 Å². The Balaban J connectivity index is 3.10. The van der Waals surface area contributed by atoms with Crippen LogP contribution < -0.4 is 4.74 Å². The fourth-order valence-electron chi connectivity index (χ4n) is 0.945. The molecule has 0 aliphatic rings. The molecule has 0 heterocycles. The van der Waals surface area contributed by atoms with E-state index < -0.39 is 35.9 Å². The van der Waals surface area contributed by atoms with Crippen molar-refractivity contribution in [3.05, 3.63) is 29.6 Å². The largest absolute Gasteiger partial charge is 0.478 e. The third kappa shape index (κ3) is 2.85. The van der Waals surface area contributed by atoms with Crippen LogP contribution in [0.25, 0.3) is 0 Å². The van der Waals surface area contributed by atoms with Crippen LogP contribution in [0.15, 0.2) is 18.2 Å². The number of rotatable bonds is 4. The maximum absolute atomic E-state index is 12.7. The van der Waals surface area contributed by atoms with Gasteiger partial charge >= 0.3 is 12.1 Å². The standard InChI is InChI=1S/C9H6F4O3/c10-4-9(12,13)16-7-3-5(11)1-2-6(7)8(14)15/h1-3H,4H2,(H,14,15). The maximum atomic E-state index is 12.7. The number of ether oxygens (including phenoxy) is 1. The predicted octanol–water partition coefficient (Wildman–Crippen LogP) is 2.47. The van der Waals surface area contributed by atoms with Crippen molar-refractivity contribution < 1.29 is 32.2 Å². The Bertz CT molecular complexity index is 406. The summed E-state index contributed by atoms with van der Waals surface area (Å²) in [5.41, 5.74) is -0.672. The highest BCUT2D eigenvalue weighted by atomic mass is 19.3. The second kappa shape index (κ2) is 4.38. The Labute approximate surface area is 87.3 Å². The minimum atomic E-state index is -4.18.